The van der Waals surface area contributed by atoms with E-state index >= 15 is 0 Å². The summed E-state index contributed by atoms with van der Waals surface area (Å²) < 4.78 is 5.60. The largest absolute Gasteiger partial charge is 0.431 e. The van der Waals surface area contributed by atoms with E-state index < -0.39 is 0 Å². The van der Waals surface area contributed by atoms with Crippen LogP contribution < -0.4 is 5.32 Å². The highest BCUT2D eigenvalue weighted by molar-refractivity contribution is 7.99. The van der Waals surface area contributed by atoms with Crippen LogP contribution in [-0.2, 0) is 4.79 Å². The molecule has 3 aromatic carbocycles. The number of aromatic nitrogens is 1. The van der Waals surface area contributed by atoms with Crippen molar-refractivity contribution in [2.75, 3.05) is 11.1 Å². The Balaban J connectivity index is 1.45. The Labute approximate surface area is 176 Å². The molecular formula is C22H15ClN2O3S. The first-order chi connectivity index (χ1) is 14.1. The van der Waals surface area contributed by atoms with Crippen LogP contribution in [0.1, 0.15) is 15.9 Å². The molecule has 4 rings (SSSR count). The first kappa shape index (κ1) is 19.2. The summed E-state index contributed by atoms with van der Waals surface area (Å²) in [5.41, 5.74) is 2.72. The minimum absolute atomic E-state index is 0.0917. The Hall–Kier alpha value is -3.09. The van der Waals surface area contributed by atoms with Crippen LogP contribution in [0.3, 0.4) is 0 Å². The van der Waals surface area contributed by atoms with Gasteiger partial charge in [0.05, 0.1) is 11.4 Å². The Bertz CT molecular complexity index is 1190. The predicted octanol–water partition coefficient (Wildman–Crippen LogP) is 5.44. The van der Waals surface area contributed by atoms with Crippen molar-refractivity contribution in [2.24, 2.45) is 0 Å². The van der Waals surface area contributed by atoms with Crippen LogP contribution in [0.2, 0.25) is 5.02 Å². The van der Waals surface area contributed by atoms with Crippen LogP contribution in [0.4, 0.5) is 5.69 Å². The third-order valence-electron chi connectivity index (χ3n) is 4.14. The number of hydrogen-bond donors (Lipinski definition) is 1. The molecule has 0 aliphatic heterocycles. The topological polar surface area (TPSA) is 72.2 Å². The Morgan fingerprint density at radius 1 is 1.00 bits per heavy atom. The van der Waals surface area contributed by atoms with E-state index in [2.05, 4.69) is 10.3 Å². The first-order valence-electron chi connectivity index (χ1n) is 8.78. The predicted molar refractivity (Wildman–Crippen MR) is 115 cm³/mol. The van der Waals surface area contributed by atoms with Gasteiger partial charge >= 0.3 is 0 Å². The number of carbonyl (C=O) groups is 2. The molecular weight excluding hydrogens is 408 g/mol. The molecule has 144 valence electrons. The zero-order chi connectivity index (χ0) is 20.2. The van der Waals surface area contributed by atoms with Gasteiger partial charge in [-0.15, -0.1) is 0 Å². The van der Waals surface area contributed by atoms with Gasteiger partial charge in [-0.05, 0) is 30.3 Å². The maximum Gasteiger partial charge on any atom is 0.257 e. The van der Waals surface area contributed by atoms with E-state index in [1.807, 2.05) is 6.07 Å². The fourth-order valence-corrected chi connectivity index (χ4v) is 3.59. The van der Waals surface area contributed by atoms with Crippen LogP contribution >= 0.6 is 23.4 Å². The number of oxazole rings is 1. The Morgan fingerprint density at radius 2 is 1.76 bits per heavy atom. The highest BCUT2D eigenvalue weighted by Gasteiger charge is 2.16. The van der Waals surface area contributed by atoms with Gasteiger partial charge in [0.2, 0.25) is 5.91 Å². The minimum Gasteiger partial charge on any atom is -0.431 e. The van der Waals surface area contributed by atoms with Crippen LogP contribution in [0.25, 0.3) is 11.1 Å². The van der Waals surface area contributed by atoms with Crippen molar-refractivity contribution >= 4 is 51.8 Å². The number of thioether (sulfide) groups is 1. The summed E-state index contributed by atoms with van der Waals surface area (Å²) in [6, 6.07) is 21.1. The molecule has 0 saturated carbocycles. The summed E-state index contributed by atoms with van der Waals surface area (Å²) in [6.45, 7) is 0. The molecule has 1 N–H and O–H groups in total. The van der Waals surface area contributed by atoms with Crippen LogP contribution in [-0.4, -0.2) is 22.4 Å². The summed E-state index contributed by atoms with van der Waals surface area (Å²) in [7, 11) is 0. The molecule has 1 aromatic heterocycles. The summed E-state index contributed by atoms with van der Waals surface area (Å²) >= 11 is 7.12. The van der Waals surface area contributed by atoms with E-state index in [1.54, 1.807) is 66.7 Å². The summed E-state index contributed by atoms with van der Waals surface area (Å²) in [5.74, 6) is -0.317. The van der Waals surface area contributed by atoms with Crippen molar-refractivity contribution in [3.8, 4) is 0 Å². The van der Waals surface area contributed by atoms with Crippen LogP contribution in [0.15, 0.2) is 82.4 Å². The molecule has 1 amide bonds. The zero-order valence-corrected chi connectivity index (χ0v) is 16.7. The van der Waals surface area contributed by atoms with Gasteiger partial charge in [0, 0.05) is 16.1 Å². The third-order valence-corrected chi connectivity index (χ3v) is 5.20. The normalized spacial score (nSPS) is 10.8. The number of amides is 1. The molecule has 0 radical (unpaired) electrons. The van der Waals surface area contributed by atoms with E-state index in [0.29, 0.717) is 38.2 Å². The second kappa shape index (κ2) is 8.51. The van der Waals surface area contributed by atoms with E-state index in [9.17, 15) is 9.59 Å². The number of carbonyl (C=O) groups excluding carboxylic acids is 2. The third kappa shape index (κ3) is 4.50. The molecule has 0 saturated heterocycles. The van der Waals surface area contributed by atoms with E-state index in [4.69, 9.17) is 16.0 Å². The number of hydrogen-bond acceptors (Lipinski definition) is 5. The molecule has 29 heavy (non-hydrogen) atoms. The van der Waals surface area contributed by atoms with Crippen molar-refractivity contribution < 1.29 is 14.0 Å². The second-order valence-corrected chi connectivity index (χ2v) is 7.53. The Kier molecular flexibility index (Phi) is 5.64. The highest BCUT2D eigenvalue weighted by Crippen LogP contribution is 2.26. The lowest BCUT2D eigenvalue weighted by Crippen LogP contribution is -2.16. The molecule has 0 atom stereocenters. The van der Waals surface area contributed by atoms with E-state index in [0.717, 1.165) is 0 Å². The van der Waals surface area contributed by atoms with Gasteiger partial charge in [0.15, 0.2) is 11.4 Å². The van der Waals surface area contributed by atoms with E-state index in [-0.39, 0.29) is 17.4 Å². The second-order valence-electron chi connectivity index (χ2n) is 6.17. The number of nitrogens with zero attached hydrogens (tertiary/aromatic N) is 1. The number of ketones is 1. The van der Waals surface area contributed by atoms with Crippen molar-refractivity contribution in [2.45, 2.75) is 5.22 Å². The average Bonchev–Trinajstić information content (AvgIpc) is 3.15. The molecule has 1 heterocycles. The average molecular weight is 423 g/mol. The lowest BCUT2D eigenvalue weighted by molar-refractivity contribution is -0.113. The van der Waals surface area contributed by atoms with Gasteiger partial charge in [-0.2, -0.15) is 0 Å². The summed E-state index contributed by atoms with van der Waals surface area (Å²) in [4.78, 5) is 29.5. The number of nitrogens with one attached hydrogen (secondary N) is 1. The molecule has 0 aliphatic rings. The fourth-order valence-electron chi connectivity index (χ4n) is 2.79. The maximum absolute atomic E-state index is 12.8. The lowest BCUT2D eigenvalue weighted by Gasteiger charge is -2.10. The lowest BCUT2D eigenvalue weighted by atomic mass is 10.0. The van der Waals surface area contributed by atoms with Gasteiger partial charge in [-0.3, -0.25) is 9.59 Å². The Morgan fingerprint density at radius 3 is 2.59 bits per heavy atom. The molecule has 0 bridgehead atoms. The van der Waals surface area contributed by atoms with Crippen LogP contribution in [0, 0.1) is 0 Å². The molecule has 0 spiro atoms. The number of benzene rings is 3. The maximum atomic E-state index is 12.8. The molecule has 0 unspecified atom stereocenters. The van der Waals surface area contributed by atoms with Gasteiger partial charge in [0.1, 0.15) is 5.52 Å². The quantitative estimate of drug-likeness (QED) is 0.330. The van der Waals surface area contributed by atoms with Crippen molar-refractivity contribution in [1.29, 1.82) is 0 Å². The van der Waals surface area contributed by atoms with Gasteiger partial charge in [0.25, 0.3) is 5.22 Å². The number of rotatable bonds is 6. The monoisotopic (exact) mass is 422 g/mol. The highest BCUT2D eigenvalue weighted by atomic mass is 35.5. The number of halogens is 1. The molecule has 4 aromatic rings. The smallest absolute Gasteiger partial charge is 0.257 e. The van der Waals surface area contributed by atoms with Crippen molar-refractivity contribution in [3.63, 3.8) is 0 Å². The molecule has 0 fully saturated rings. The van der Waals surface area contributed by atoms with Crippen molar-refractivity contribution in [1.82, 2.24) is 4.98 Å². The summed E-state index contributed by atoms with van der Waals surface area (Å²) in [6.07, 6.45) is 0. The zero-order valence-electron chi connectivity index (χ0n) is 15.1. The van der Waals surface area contributed by atoms with Crippen LogP contribution in [0.5, 0.6) is 0 Å². The first-order valence-corrected chi connectivity index (χ1v) is 10.1. The van der Waals surface area contributed by atoms with Gasteiger partial charge < -0.3 is 9.73 Å². The standard InChI is InChI=1S/C22H15ClN2O3S/c23-15-10-11-19-18(12-15)25-22(28-19)29-13-20(26)24-17-9-5-4-8-16(17)21(27)14-6-2-1-3-7-14/h1-12H,13H2,(H,24,26). The SMILES string of the molecule is O=C(CSc1nc2cc(Cl)ccc2o1)Nc1ccccc1C(=O)c1ccccc1. The molecule has 7 heteroatoms. The molecule has 0 aliphatic carbocycles. The number of anilines is 1. The molecule has 5 nitrogen and oxygen atoms in total. The van der Waals surface area contributed by atoms with Crippen molar-refractivity contribution in [3.05, 3.63) is 88.9 Å². The van der Waals surface area contributed by atoms with E-state index in [1.165, 1.54) is 11.8 Å². The number of para-hydroxylation sites is 1. The van der Waals surface area contributed by atoms with Gasteiger partial charge in [-0.1, -0.05) is 65.8 Å². The number of fused-ring (bicyclic) bond motifs is 1. The summed E-state index contributed by atoms with van der Waals surface area (Å²) in [5, 5.41) is 3.75. The fraction of sp³-hybridized carbons (Fsp3) is 0.0455. The minimum atomic E-state index is -0.261. The van der Waals surface area contributed by atoms with Gasteiger partial charge in [-0.25, -0.2) is 4.98 Å².